The van der Waals surface area contributed by atoms with Gasteiger partial charge >= 0.3 is 11.9 Å². The predicted octanol–water partition coefficient (Wildman–Crippen LogP) is -0.517. The van der Waals surface area contributed by atoms with Crippen molar-refractivity contribution in [2.24, 2.45) is 0 Å². The molecule has 0 aromatic rings. The van der Waals surface area contributed by atoms with Gasteiger partial charge in [-0.25, -0.2) is 0 Å². The van der Waals surface area contributed by atoms with Crippen molar-refractivity contribution >= 4 is 17.8 Å². The van der Waals surface area contributed by atoms with Gasteiger partial charge in [-0.05, 0) is 0 Å². The number of esters is 1. The van der Waals surface area contributed by atoms with Crippen LogP contribution in [0.2, 0.25) is 0 Å². The van der Waals surface area contributed by atoms with Crippen LogP contribution in [0.15, 0.2) is 0 Å². The number of methoxy groups -OCH3 is 1. The molecule has 0 aromatic heterocycles. The molecule has 0 saturated heterocycles. The van der Waals surface area contributed by atoms with Crippen LogP contribution in [0, 0.1) is 0 Å². The van der Waals surface area contributed by atoms with E-state index in [1.54, 1.807) is 0 Å². The van der Waals surface area contributed by atoms with Crippen LogP contribution in [0.3, 0.4) is 0 Å². The Kier molecular flexibility index (Phi) is 5.28. The Bertz CT molecular complexity index is 238. The molecule has 1 N–H and O–H groups in total. The summed E-state index contributed by atoms with van der Waals surface area (Å²) in [6.45, 7) is 0.165. The summed E-state index contributed by atoms with van der Waals surface area (Å²) < 4.78 is 4.37. The lowest BCUT2D eigenvalue weighted by atomic mass is 10.3. The smallest absolute Gasteiger partial charge is 0.312 e. The second-order valence-electron chi connectivity index (χ2n) is 2.71. The highest BCUT2D eigenvalue weighted by molar-refractivity contribution is 5.93. The topological polar surface area (TPSA) is 83.9 Å². The van der Waals surface area contributed by atoms with Crippen LogP contribution in [0.4, 0.5) is 0 Å². The lowest BCUT2D eigenvalue weighted by Crippen LogP contribution is -2.30. The second-order valence-corrected chi connectivity index (χ2v) is 2.71. The first-order valence-corrected chi connectivity index (χ1v) is 4.00. The van der Waals surface area contributed by atoms with Crippen LogP contribution in [0.1, 0.15) is 12.8 Å². The summed E-state index contributed by atoms with van der Waals surface area (Å²) in [5, 5.41) is 8.32. The van der Waals surface area contributed by atoms with Gasteiger partial charge in [-0.1, -0.05) is 0 Å². The molecular weight excluding hydrogens is 190 g/mol. The maximum Gasteiger partial charge on any atom is 0.312 e. The van der Waals surface area contributed by atoms with Crippen LogP contribution in [-0.4, -0.2) is 48.6 Å². The molecule has 0 radical (unpaired) electrons. The fraction of sp³-hybridized carbons (Fsp3) is 0.625. The van der Waals surface area contributed by atoms with Gasteiger partial charge in [0.25, 0.3) is 0 Å². The van der Waals surface area contributed by atoms with Crippen LogP contribution >= 0.6 is 0 Å². The summed E-state index contributed by atoms with van der Waals surface area (Å²) in [4.78, 5) is 33.1. The minimum Gasteiger partial charge on any atom is -0.481 e. The number of carbonyl (C=O) groups excluding carboxylic acids is 2. The van der Waals surface area contributed by atoms with E-state index < -0.39 is 24.3 Å². The van der Waals surface area contributed by atoms with Crippen molar-refractivity contribution in [1.29, 1.82) is 0 Å². The normalized spacial score (nSPS) is 9.29. The number of hydrogen-bond acceptors (Lipinski definition) is 4. The molecule has 0 rings (SSSR count). The third-order valence-corrected chi connectivity index (χ3v) is 1.61. The number of ether oxygens (including phenoxy) is 1. The minimum atomic E-state index is -1.18. The molecular formula is C8H13NO5. The maximum absolute atomic E-state index is 11.0. The Hall–Kier alpha value is -1.59. The molecule has 0 saturated carbocycles. The molecule has 0 heterocycles. The number of nitrogens with zero attached hydrogens (tertiary/aromatic N) is 1. The first kappa shape index (κ1) is 12.4. The van der Waals surface area contributed by atoms with Crippen LogP contribution in [0.25, 0.3) is 0 Å². The fourth-order valence-electron chi connectivity index (χ4n) is 0.750. The van der Waals surface area contributed by atoms with E-state index in [0.29, 0.717) is 0 Å². The first-order chi connectivity index (χ1) is 6.47. The lowest BCUT2D eigenvalue weighted by Gasteiger charge is -2.14. The number of carboxylic acid groups (broad SMARTS) is 1. The van der Waals surface area contributed by atoms with Crippen LogP contribution in [0.5, 0.6) is 0 Å². The number of amides is 1. The predicted molar refractivity (Wildman–Crippen MR) is 46.5 cm³/mol. The van der Waals surface area contributed by atoms with Crippen LogP contribution in [-0.2, 0) is 19.1 Å². The third kappa shape index (κ3) is 5.13. The van der Waals surface area contributed by atoms with Gasteiger partial charge in [0.2, 0.25) is 5.91 Å². The van der Waals surface area contributed by atoms with Crippen molar-refractivity contribution in [2.45, 2.75) is 12.8 Å². The lowest BCUT2D eigenvalue weighted by molar-refractivity contribution is -0.144. The van der Waals surface area contributed by atoms with Gasteiger partial charge in [0, 0.05) is 13.6 Å². The molecule has 0 aliphatic rings. The summed E-state index contributed by atoms with van der Waals surface area (Å²) in [5.41, 5.74) is 0. The quantitative estimate of drug-likeness (QED) is 0.480. The zero-order chi connectivity index (χ0) is 11.1. The summed E-state index contributed by atoms with van der Waals surface area (Å²) >= 11 is 0. The van der Waals surface area contributed by atoms with Crippen molar-refractivity contribution in [3.63, 3.8) is 0 Å². The second kappa shape index (κ2) is 5.95. The molecule has 80 valence electrons. The molecule has 1 amide bonds. The van der Waals surface area contributed by atoms with Crippen LogP contribution < -0.4 is 0 Å². The zero-order valence-corrected chi connectivity index (χ0v) is 8.15. The van der Waals surface area contributed by atoms with Crippen molar-refractivity contribution < 1.29 is 24.2 Å². The number of carbonyl (C=O) groups is 3. The number of hydrogen-bond donors (Lipinski definition) is 1. The SMILES string of the molecule is COC(=O)CCN(C)C(=O)CC(=O)O. The molecule has 0 fully saturated rings. The molecule has 0 bridgehead atoms. The van der Waals surface area contributed by atoms with E-state index in [1.165, 1.54) is 19.1 Å². The van der Waals surface area contributed by atoms with E-state index in [-0.39, 0.29) is 13.0 Å². The van der Waals surface area contributed by atoms with Gasteiger partial charge in [0.15, 0.2) is 0 Å². The number of aliphatic carboxylic acids is 1. The Morgan fingerprint density at radius 3 is 2.36 bits per heavy atom. The van der Waals surface area contributed by atoms with E-state index in [4.69, 9.17) is 5.11 Å². The van der Waals surface area contributed by atoms with Crippen molar-refractivity contribution in [3.8, 4) is 0 Å². The number of carboxylic acids is 1. The minimum absolute atomic E-state index is 0.0678. The molecule has 0 aromatic carbocycles. The van der Waals surface area contributed by atoms with Gasteiger partial charge < -0.3 is 14.7 Å². The largest absolute Gasteiger partial charge is 0.481 e. The number of rotatable bonds is 5. The average Bonchev–Trinajstić information content (AvgIpc) is 2.12. The Labute approximate surface area is 81.4 Å². The Balaban J connectivity index is 3.84. The molecule has 14 heavy (non-hydrogen) atoms. The third-order valence-electron chi connectivity index (χ3n) is 1.61. The highest BCUT2D eigenvalue weighted by atomic mass is 16.5. The monoisotopic (exact) mass is 203 g/mol. The highest BCUT2D eigenvalue weighted by Crippen LogP contribution is 1.94. The first-order valence-electron chi connectivity index (χ1n) is 4.00. The summed E-state index contributed by atoms with van der Waals surface area (Å²) in [7, 11) is 2.69. The summed E-state index contributed by atoms with van der Waals surface area (Å²) in [6.07, 6.45) is -0.490. The van der Waals surface area contributed by atoms with Gasteiger partial charge in [0.05, 0.1) is 13.5 Å². The standard InChI is InChI=1S/C8H13NO5/c1-9(4-3-8(13)14-2)6(10)5-7(11)12/h3-5H2,1-2H3,(H,11,12). The Morgan fingerprint density at radius 2 is 1.93 bits per heavy atom. The molecule has 0 aliphatic heterocycles. The highest BCUT2D eigenvalue weighted by Gasteiger charge is 2.13. The van der Waals surface area contributed by atoms with E-state index in [2.05, 4.69) is 4.74 Å². The summed E-state index contributed by atoms with van der Waals surface area (Å²) in [5.74, 6) is -2.14. The molecule has 0 atom stereocenters. The Morgan fingerprint density at radius 1 is 1.36 bits per heavy atom. The molecule has 0 unspecified atom stereocenters. The van der Waals surface area contributed by atoms with E-state index in [9.17, 15) is 14.4 Å². The average molecular weight is 203 g/mol. The fourth-order valence-corrected chi connectivity index (χ4v) is 0.750. The van der Waals surface area contributed by atoms with E-state index >= 15 is 0 Å². The van der Waals surface area contributed by atoms with Gasteiger partial charge in [0.1, 0.15) is 6.42 Å². The maximum atomic E-state index is 11.0. The van der Waals surface area contributed by atoms with E-state index in [0.717, 1.165) is 0 Å². The van der Waals surface area contributed by atoms with Crippen molar-refractivity contribution in [2.75, 3.05) is 20.7 Å². The molecule has 6 nitrogen and oxygen atoms in total. The van der Waals surface area contributed by atoms with Gasteiger partial charge in [-0.15, -0.1) is 0 Å². The van der Waals surface area contributed by atoms with Crippen molar-refractivity contribution in [3.05, 3.63) is 0 Å². The van der Waals surface area contributed by atoms with Crippen molar-refractivity contribution in [1.82, 2.24) is 4.90 Å². The van der Waals surface area contributed by atoms with Gasteiger partial charge in [-0.3, -0.25) is 14.4 Å². The zero-order valence-electron chi connectivity index (χ0n) is 8.15. The molecule has 0 aliphatic carbocycles. The molecule has 0 spiro atoms. The van der Waals surface area contributed by atoms with E-state index in [1.807, 2.05) is 0 Å². The molecule has 6 heteroatoms. The van der Waals surface area contributed by atoms with Gasteiger partial charge in [-0.2, -0.15) is 0 Å². The summed E-state index contributed by atoms with van der Waals surface area (Å²) in [6, 6.07) is 0.